The summed E-state index contributed by atoms with van der Waals surface area (Å²) in [4.78, 5) is 15.2. The minimum Gasteiger partial charge on any atom is -0.339 e. The number of halogens is 1. The van der Waals surface area contributed by atoms with Crippen LogP contribution in [0.1, 0.15) is 34.8 Å². The number of hydrogen-bond acceptors (Lipinski definition) is 3. The van der Waals surface area contributed by atoms with Crippen molar-refractivity contribution in [3.63, 3.8) is 0 Å². The van der Waals surface area contributed by atoms with Crippen molar-refractivity contribution in [1.29, 1.82) is 0 Å². The van der Waals surface area contributed by atoms with Crippen LogP contribution in [-0.2, 0) is 0 Å². The third-order valence-electron chi connectivity index (χ3n) is 5.29. The van der Waals surface area contributed by atoms with E-state index in [4.69, 9.17) is 5.84 Å². The Morgan fingerprint density at radius 3 is 2.56 bits per heavy atom. The van der Waals surface area contributed by atoms with Crippen LogP contribution < -0.4 is 5.84 Å². The summed E-state index contributed by atoms with van der Waals surface area (Å²) in [5, 5.41) is 0.974. The number of carbonyl (C=O) groups excluding carboxylic acids is 1. The van der Waals surface area contributed by atoms with Gasteiger partial charge in [-0.3, -0.25) is 14.4 Å². The maximum atomic E-state index is 13.1. The number of benzene rings is 2. The third kappa shape index (κ3) is 3.26. The van der Waals surface area contributed by atoms with Gasteiger partial charge >= 0.3 is 0 Å². The van der Waals surface area contributed by atoms with Crippen LogP contribution in [0.4, 0.5) is 4.39 Å². The number of fused-ring (bicyclic) bond motifs is 1. The van der Waals surface area contributed by atoms with Crippen LogP contribution >= 0.6 is 0 Å². The van der Waals surface area contributed by atoms with E-state index < -0.39 is 0 Å². The van der Waals surface area contributed by atoms with Crippen LogP contribution in [0.5, 0.6) is 0 Å². The fraction of sp³-hybridized carbons (Fsp3) is 0.227. The minimum atomic E-state index is -0.352. The van der Waals surface area contributed by atoms with E-state index in [0.29, 0.717) is 11.1 Å². The zero-order chi connectivity index (χ0) is 19.0. The van der Waals surface area contributed by atoms with Gasteiger partial charge in [-0.2, -0.15) is 0 Å². The minimum absolute atomic E-state index is 0.123. The second-order valence-corrected chi connectivity index (χ2v) is 6.89. The molecule has 0 radical (unpaired) electrons. The highest BCUT2D eigenvalue weighted by Gasteiger charge is 2.18. The third-order valence-corrected chi connectivity index (χ3v) is 5.29. The van der Waals surface area contributed by atoms with E-state index in [1.165, 1.54) is 29.8 Å². The van der Waals surface area contributed by atoms with Gasteiger partial charge in [-0.1, -0.05) is 13.0 Å². The molecule has 1 aliphatic rings. The van der Waals surface area contributed by atoms with Crippen LogP contribution in [0.3, 0.4) is 0 Å². The monoisotopic (exact) mass is 363 g/mol. The Balaban J connectivity index is 1.74. The van der Waals surface area contributed by atoms with E-state index in [9.17, 15) is 9.18 Å². The molecule has 0 amide bonds. The predicted molar refractivity (Wildman–Crippen MR) is 107 cm³/mol. The summed E-state index contributed by atoms with van der Waals surface area (Å²) in [6.07, 6.45) is 5.14. The normalized spacial score (nSPS) is 15.1. The highest BCUT2D eigenvalue weighted by molar-refractivity contribution is 6.11. The Kier molecular flexibility index (Phi) is 4.54. The second-order valence-electron chi connectivity index (χ2n) is 6.89. The number of nitrogen functional groups attached to an aromatic ring is 1. The first-order chi connectivity index (χ1) is 13.1. The molecule has 1 aromatic heterocycles. The molecule has 0 saturated carbocycles. The van der Waals surface area contributed by atoms with Crippen LogP contribution in [0.25, 0.3) is 16.5 Å². The highest BCUT2D eigenvalue weighted by Crippen LogP contribution is 2.31. The first kappa shape index (κ1) is 17.5. The smallest absolute Gasteiger partial charge is 0.193 e. The van der Waals surface area contributed by atoms with Gasteiger partial charge in [0.05, 0.1) is 5.52 Å². The molecule has 4 rings (SSSR count). The lowest BCUT2D eigenvalue weighted by molar-refractivity contribution is 0.103. The van der Waals surface area contributed by atoms with Gasteiger partial charge in [0.1, 0.15) is 5.82 Å². The molecule has 0 fully saturated rings. The number of nitrogens with zero attached hydrogens (tertiary/aromatic N) is 2. The van der Waals surface area contributed by atoms with Crippen LogP contribution in [0, 0.1) is 5.82 Å². The van der Waals surface area contributed by atoms with Crippen molar-refractivity contribution in [2.75, 3.05) is 25.5 Å². The van der Waals surface area contributed by atoms with Crippen LogP contribution in [0.15, 0.2) is 54.7 Å². The maximum absolute atomic E-state index is 13.1. The van der Waals surface area contributed by atoms with Gasteiger partial charge in [0.25, 0.3) is 0 Å². The molecule has 4 nitrogen and oxygen atoms in total. The summed E-state index contributed by atoms with van der Waals surface area (Å²) in [5.74, 6) is 5.67. The molecule has 0 atom stereocenters. The molecule has 2 heterocycles. The predicted octanol–water partition coefficient (Wildman–Crippen LogP) is 3.83. The first-order valence-electron chi connectivity index (χ1n) is 9.19. The molecular weight excluding hydrogens is 341 g/mol. The van der Waals surface area contributed by atoms with Crippen LogP contribution in [-0.4, -0.2) is 35.0 Å². The zero-order valence-corrected chi connectivity index (χ0v) is 15.3. The SMILES string of the molecule is CCN1CC=C(c2cn(N)c3ccc(C(=O)c4ccc(F)cc4)cc23)CC1. The molecule has 5 heteroatoms. The average molecular weight is 363 g/mol. The molecule has 0 aliphatic carbocycles. The number of likely N-dealkylation sites (N-methyl/N-ethyl adjacent to an activating group) is 1. The summed E-state index contributed by atoms with van der Waals surface area (Å²) in [6.45, 7) is 5.15. The summed E-state index contributed by atoms with van der Waals surface area (Å²) in [5.41, 5.74) is 4.28. The topological polar surface area (TPSA) is 51.3 Å². The number of aromatic nitrogens is 1. The molecule has 0 spiro atoms. The molecule has 2 aromatic carbocycles. The Hall–Kier alpha value is -2.92. The van der Waals surface area contributed by atoms with Crippen molar-refractivity contribution in [2.24, 2.45) is 0 Å². The summed E-state index contributed by atoms with van der Waals surface area (Å²) in [7, 11) is 0. The van der Waals surface area contributed by atoms with Crippen LogP contribution in [0.2, 0.25) is 0 Å². The number of carbonyl (C=O) groups is 1. The maximum Gasteiger partial charge on any atom is 0.193 e. The standard InChI is InChI=1S/C22H22FN3O/c1-2-25-11-9-15(10-12-25)20-14-26(24)21-8-5-17(13-19(20)21)22(27)16-3-6-18(23)7-4-16/h3-9,13-14H,2,10-12,24H2,1H3. The molecule has 0 unspecified atom stereocenters. The van der Waals surface area contributed by atoms with Gasteiger partial charge in [-0.05, 0) is 61.0 Å². The quantitative estimate of drug-likeness (QED) is 0.566. The Morgan fingerprint density at radius 1 is 1.15 bits per heavy atom. The first-order valence-corrected chi connectivity index (χ1v) is 9.19. The van der Waals surface area contributed by atoms with Crippen molar-refractivity contribution in [1.82, 2.24) is 9.58 Å². The average Bonchev–Trinajstić information content (AvgIpc) is 3.04. The van der Waals surface area contributed by atoms with Gasteiger partial charge in [0.2, 0.25) is 0 Å². The van der Waals surface area contributed by atoms with Crippen molar-refractivity contribution in [3.8, 4) is 0 Å². The molecule has 1 aliphatic heterocycles. The molecule has 27 heavy (non-hydrogen) atoms. The van der Waals surface area contributed by atoms with Crippen molar-refractivity contribution >= 4 is 22.3 Å². The van der Waals surface area contributed by atoms with Crippen molar-refractivity contribution in [2.45, 2.75) is 13.3 Å². The van der Waals surface area contributed by atoms with Crippen molar-refractivity contribution < 1.29 is 9.18 Å². The number of rotatable bonds is 4. The summed E-state index contributed by atoms with van der Waals surface area (Å²) < 4.78 is 14.8. The zero-order valence-electron chi connectivity index (χ0n) is 15.3. The van der Waals surface area contributed by atoms with E-state index in [1.54, 1.807) is 10.7 Å². The fourth-order valence-electron chi connectivity index (χ4n) is 3.66. The molecular formula is C22H22FN3O. The van der Waals surface area contributed by atoms with E-state index in [2.05, 4.69) is 17.9 Å². The van der Waals surface area contributed by atoms with Gasteiger partial charge in [-0.15, -0.1) is 0 Å². The van der Waals surface area contributed by atoms with E-state index in [1.807, 2.05) is 18.3 Å². The van der Waals surface area contributed by atoms with E-state index >= 15 is 0 Å². The number of hydrogen-bond donors (Lipinski definition) is 1. The lowest BCUT2D eigenvalue weighted by Gasteiger charge is -2.24. The van der Waals surface area contributed by atoms with Gasteiger partial charge in [-0.25, -0.2) is 4.39 Å². The van der Waals surface area contributed by atoms with Gasteiger partial charge < -0.3 is 5.84 Å². The fourth-order valence-corrected chi connectivity index (χ4v) is 3.66. The molecule has 138 valence electrons. The molecule has 0 saturated heterocycles. The van der Waals surface area contributed by atoms with E-state index in [-0.39, 0.29) is 11.6 Å². The largest absolute Gasteiger partial charge is 0.339 e. The number of nitrogens with two attached hydrogens (primary N) is 1. The highest BCUT2D eigenvalue weighted by atomic mass is 19.1. The summed E-state index contributed by atoms with van der Waals surface area (Å²) in [6, 6.07) is 11.2. The number of ketones is 1. The molecule has 3 aromatic rings. The Labute approximate surface area is 157 Å². The van der Waals surface area contributed by atoms with Gasteiger partial charge in [0, 0.05) is 41.4 Å². The summed E-state index contributed by atoms with van der Waals surface area (Å²) >= 11 is 0. The van der Waals surface area contributed by atoms with E-state index in [0.717, 1.165) is 42.5 Å². The Morgan fingerprint density at radius 2 is 1.89 bits per heavy atom. The molecule has 0 bridgehead atoms. The lowest BCUT2D eigenvalue weighted by Crippen LogP contribution is -2.27. The van der Waals surface area contributed by atoms with Crippen molar-refractivity contribution in [3.05, 3.63) is 77.2 Å². The molecule has 2 N–H and O–H groups in total. The van der Waals surface area contributed by atoms with Gasteiger partial charge in [0.15, 0.2) is 5.78 Å². The lowest BCUT2D eigenvalue weighted by atomic mass is 9.96. The Bertz CT molecular complexity index is 1030. The second kappa shape index (κ2) is 7.00.